The zero-order chi connectivity index (χ0) is 9.84. The molecular formula is C8H16N4O. The fourth-order valence-corrected chi connectivity index (χ4v) is 1.15. The van der Waals surface area contributed by atoms with Gasteiger partial charge in [-0.25, -0.2) is 0 Å². The van der Waals surface area contributed by atoms with Crippen molar-refractivity contribution in [1.82, 2.24) is 14.8 Å². The lowest BCUT2D eigenvalue weighted by molar-refractivity contribution is 0.158. The van der Waals surface area contributed by atoms with Crippen molar-refractivity contribution in [3.05, 3.63) is 12.2 Å². The summed E-state index contributed by atoms with van der Waals surface area (Å²) in [5.74, 6) is 0.650. The molecule has 0 saturated carbocycles. The van der Waals surface area contributed by atoms with Crippen molar-refractivity contribution in [2.45, 2.75) is 39.0 Å². The highest BCUT2D eigenvalue weighted by Crippen LogP contribution is 2.11. The molecule has 0 aliphatic carbocycles. The lowest BCUT2D eigenvalue weighted by Crippen LogP contribution is -2.26. The van der Waals surface area contributed by atoms with E-state index in [0.29, 0.717) is 5.82 Å². The van der Waals surface area contributed by atoms with Gasteiger partial charge in [0.2, 0.25) is 0 Å². The van der Waals surface area contributed by atoms with Crippen molar-refractivity contribution < 1.29 is 5.11 Å². The van der Waals surface area contributed by atoms with Crippen LogP contribution in [0.5, 0.6) is 0 Å². The van der Waals surface area contributed by atoms with E-state index < -0.39 is 12.1 Å². The van der Waals surface area contributed by atoms with Crippen LogP contribution in [-0.4, -0.2) is 26.0 Å². The maximum Gasteiger partial charge on any atom is 0.152 e. The second kappa shape index (κ2) is 4.34. The molecule has 3 N–H and O–H groups in total. The van der Waals surface area contributed by atoms with E-state index >= 15 is 0 Å². The van der Waals surface area contributed by atoms with E-state index in [1.807, 2.05) is 4.57 Å². The smallest absolute Gasteiger partial charge is 0.152 e. The molecule has 0 aromatic carbocycles. The van der Waals surface area contributed by atoms with E-state index in [4.69, 9.17) is 5.73 Å². The van der Waals surface area contributed by atoms with Gasteiger partial charge in [-0.2, -0.15) is 0 Å². The molecule has 5 nitrogen and oxygen atoms in total. The molecule has 0 radical (unpaired) electrons. The van der Waals surface area contributed by atoms with Gasteiger partial charge in [-0.3, -0.25) is 0 Å². The summed E-state index contributed by atoms with van der Waals surface area (Å²) < 4.78 is 1.87. The molecule has 0 spiro atoms. The van der Waals surface area contributed by atoms with Crippen LogP contribution in [0.25, 0.3) is 0 Å². The highest BCUT2D eigenvalue weighted by Gasteiger charge is 2.17. The van der Waals surface area contributed by atoms with Crippen molar-refractivity contribution in [2.24, 2.45) is 5.73 Å². The lowest BCUT2D eigenvalue weighted by Gasteiger charge is -2.14. The average Bonchev–Trinajstić information content (AvgIpc) is 2.52. The minimum absolute atomic E-state index is 0.450. The summed E-state index contributed by atoms with van der Waals surface area (Å²) in [6.45, 7) is 4.55. The lowest BCUT2D eigenvalue weighted by atomic mass is 10.2. The number of hydrogen-bond acceptors (Lipinski definition) is 4. The highest BCUT2D eigenvalue weighted by atomic mass is 16.3. The number of aliphatic hydroxyl groups excluding tert-OH is 1. The number of hydrogen-bond donors (Lipinski definition) is 2. The standard InChI is InChI=1S/C8H16N4O/c1-3-4-12-5-10-11-8(12)7(9)6(2)13/h5-7,13H,3-4,9H2,1-2H3. The topological polar surface area (TPSA) is 77.0 Å². The Morgan fingerprint density at radius 2 is 2.38 bits per heavy atom. The minimum atomic E-state index is -0.597. The Morgan fingerprint density at radius 3 is 2.92 bits per heavy atom. The van der Waals surface area contributed by atoms with Crippen molar-refractivity contribution >= 4 is 0 Å². The third-order valence-electron chi connectivity index (χ3n) is 1.93. The van der Waals surface area contributed by atoms with Gasteiger partial charge in [-0.05, 0) is 13.3 Å². The van der Waals surface area contributed by atoms with Crippen molar-refractivity contribution in [2.75, 3.05) is 0 Å². The molecule has 0 aliphatic rings. The molecule has 2 unspecified atom stereocenters. The summed E-state index contributed by atoms with van der Waals surface area (Å²) in [5, 5.41) is 16.9. The summed E-state index contributed by atoms with van der Waals surface area (Å²) in [4.78, 5) is 0. The Morgan fingerprint density at radius 1 is 1.69 bits per heavy atom. The first-order valence-corrected chi connectivity index (χ1v) is 4.48. The molecule has 0 bridgehead atoms. The summed E-state index contributed by atoms with van der Waals surface area (Å²) in [6, 6.07) is -0.450. The Hall–Kier alpha value is -0.940. The number of nitrogens with two attached hydrogens (primary N) is 1. The second-order valence-electron chi connectivity index (χ2n) is 3.15. The normalized spacial score (nSPS) is 15.7. The van der Waals surface area contributed by atoms with Crippen molar-refractivity contribution in [3.63, 3.8) is 0 Å². The van der Waals surface area contributed by atoms with Gasteiger partial charge in [-0.1, -0.05) is 6.92 Å². The van der Waals surface area contributed by atoms with Crippen molar-refractivity contribution in [3.8, 4) is 0 Å². The first-order valence-electron chi connectivity index (χ1n) is 4.48. The van der Waals surface area contributed by atoms with Crippen LogP contribution in [0.2, 0.25) is 0 Å². The fourth-order valence-electron chi connectivity index (χ4n) is 1.15. The van der Waals surface area contributed by atoms with E-state index in [1.165, 1.54) is 0 Å². The van der Waals surface area contributed by atoms with Gasteiger partial charge in [0, 0.05) is 6.54 Å². The largest absolute Gasteiger partial charge is 0.391 e. The molecule has 0 saturated heterocycles. The maximum atomic E-state index is 9.28. The first-order chi connectivity index (χ1) is 6.16. The SMILES string of the molecule is CCCn1cnnc1C(N)C(C)O. The molecule has 1 aromatic heterocycles. The van der Waals surface area contributed by atoms with Gasteiger partial charge in [0.25, 0.3) is 0 Å². The maximum absolute atomic E-state index is 9.28. The first kappa shape index (κ1) is 10.1. The van der Waals surface area contributed by atoms with Crippen LogP contribution in [0.4, 0.5) is 0 Å². The van der Waals surface area contributed by atoms with Crippen LogP contribution >= 0.6 is 0 Å². The molecule has 1 heterocycles. The Bertz CT molecular complexity index is 258. The average molecular weight is 184 g/mol. The van der Waals surface area contributed by atoms with Crippen LogP contribution in [0.1, 0.15) is 32.1 Å². The number of aromatic nitrogens is 3. The van der Waals surface area contributed by atoms with E-state index in [1.54, 1.807) is 13.3 Å². The summed E-state index contributed by atoms with van der Waals surface area (Å²) >= 11 is 0. The van der Waals surface area contributed by atoms with Crippen LogP contribution < -0.4 is 5.73 Å². The molecule has 74 valence electrons. The molecule has 0 fully saturated rings. The predicted octanol–water partition coefficient (Wildman–Crippen LogP) is 0.0687. The monoisotopic (exact) mass is 184 g/mol. The third kappa shape index (κ3) is 2.26. The van der Waals surface area contributed by atoms with E-state index in [9.17, 15) is 5.11 Å². The third-order valence-corrected chi connectivity index (χ3v) is 1.93. The fraction of sp³-hybridized carbons (Fsp3) is 0.750. The molecule has 2 atom stereocenters. The molecule has 5 heteroatoms. The van der Waals surface area contributed by atoms with Gasteiger partial charge >= 0.3 is 0 Å². The highest BCUT2D eigenvalue weighted by molar-refractivity contribution is 4.95. The Kier molecular flexibility index (Phi) is 3.39. The van der Waals surface area contributed by atoms with Crippen LogP contribution in [0.3, 0.4) is 0 Å². The van der Waals surface area contributed by atoms with Crippen LogP contribution in [0, 0.1) is 0 Å². The minimum Gasteiger partial charge on any atom is -0.391 e. The number of rotatable bonds is 4. The van der Waals surface area contributed by atoms with Crippen LogP contribution in [-0.2, 0) is 6.54 Å². The molecule has 1 rings (SSSR count). The number of aliphatic hydroxyl groups is 1. The van der Waals surface area contributed by atoms with Gasteiger partial charge in [0.1, 0.15) is 6.33 Å². The van der Waals surface area contributed by atoms with E-state index in [-0.39, 0.29) is 0 Å². The molecule has 0 aliphatic heterocycles. The zero-order valence-electron chi connectivity index (χ0n) is 8.01. The summed E-state index contributed by atoms with van der Waals surface area (Å²) in [6.07, 6.45) is 2.04. The van der Waals surface area contributed by atoms with Crippen molar-refractivity contribution in [1.29, 1.82) is 0 Å². The molecular weight excluding hydrogens is 168 g/mol. The second-order valence-corrected chi connectivity index (χ2v) is 3.15. The van der Waals surface area contributed by atoms with Crippen LogP contribution in [0.15, 0.2) is 6.33 Å². The Balaban J connectivity index is 2.80. The number of aryl methyl sites for hydroxylation is 1. The number of nitrogens with zero attached hydrogens (tertiary/aromatic N) is 3. The predicted molar refractivity (Wildman–Crippen MR) is 48.9 cm³/mol. The molecule has 13 heavy (non-hydrogen) atoms. The van der Waals surface area contributed by atoms with Gasteiger partial charge < -0.3 is 15.4 Å². The quantitative estimate of drug-likeness (QED) is 0.694. The van der Waals surface area contributed by atoms with Gasteiger partial charge in [0.05, 0.1) is 12.1 Å². The molecule has 0 amide bonds. The zero-order valence-corrected chi connectivity index (χ0v) is 8.01. The van der Waals surface area contributed by atoms with Gasteiger partial charge in [-0.15, -0.1) is 10.2 Å². The summed E-state index contributed by atoms with van der Waals surface area (Å²) in [5.41, 5.74) is 5.74. The molecule has 1 aromatic rings. The van der Waals surface area contributed by atoms with E-state index in [0.717, 1.165) is 13.0 Å². The van der Waals surface area contributed by atoms with E-state index in [2.05, 4.69) is 17.1 Å². The summed E-state index contributed by atoms with van der Waals surface area (Å²) in [7, 11) is 0. The Labute approximate surface area is 77.6 Å². The van der Waals surface area contributed by atoms with Gasteiger partial charge in [0.15, 0.2) is 5.82 Å².